The van der Waals surface area contributed by atoms with Crippen molar-refractivity contribution < 1.29 is 4.79 Å². The standard InChI is InChI=1S/C15H12BrCl2NO/c16-13-8-11(18)6-7-12(13)15(20)19-14(9-17)10-4-2-1-3-5-10/h1-8,14H,9H2,(H,19,20). The van der Waals surface area contributed by atoms with Crippen LogP contribution in [0.15, 0.2) is 53.0 Å². The molecule has 0 aliphatic rings. The van der Waals surface area contributed by atoms with E-state index in [0.29, 0.717) is 20.9 Å². The average Bonchev–Trinajstić information content (AvgIpc) is 2.45. The highest BCUT2D eigenvalue weighted by Gasteiger charge is 2.16. The number of benzene rings is 2. The van der Waals surface area contributed by atoms with Gasteiger partial charge >= 0.3 is 0 Å². The molecule has 104 valence electrons. The Kier molecular flexibility index (Phi) is 5.46. The summed E-state index contributed by atoms with van der Waals surface area (Å²) in [7, 11) is 0. The van der Waals surface area contributed by atoms with E-state index in [4.69, 9.17) is 23.2 Å². The van der Waals surface area contributed by atoms with Gasteiger partial charge in [0.1, 0.15) is 0 Å². The van der Waals surface area contributed by atoms with Crippen LogP contribution in [-0.2, 0) is 0 Å². The summed E-state index contributed by atoms with van der Waals surface area (Å²) < 4.78 is 0.656. The number of rotatable bonds is 4. The predicted molar refractivity (Wildman–Crippen MR) is 86.5 cm³/mol. The van der Waals surface area contributed by atoms with Crippen LogP contribution in [0.3, 0.4) is 0 Å². The molecule has 0 radical (unpaired) electrons. The van der Waals surface area contributed by atoms with Crippen molar-refractivity contribution in [3.8, 4) is 0 Å². The van der Waals surface area contributed by atoms with E-state index in [-0.39, 0.29) is 11.9 Å². The zero-order valence-corrected chi connectivity index (χ0v) is 13.5. The first kappa shape index (κ1) is 15.4. The number of carbonyl (C=O) groups is 1. The van der Waals surface area contributed by atoms with Gasteiger partial charge in [0.2, 0.25) is 0 Å². The van der Waals surface area contributed by atoms with E-state index in [1.807, 2.05) is 30.3 Å². The molecule has 1 N–H and O–H groups in total. The first-order valence-electron chi connectivity index (χ1n) is 5.98. The molecule has 0 fully saturated rings. The largest absolute Gasteiger partial charge is 0.344 e. The fraction of sp³-hybridized carbons (Fsp3) is 0.133. The van der Waals surface area contributed by atoms with Crippen LogP contribution in [0.2, 0.25) is 5.02 Å². The molecule has 0 saturated heterocycles. The van der Waals surface area contributed by atoms with Crippen molar-refractivity contribution in [2.45, 2.75) is 6.04 Å². The molecular weight excluding hydrogens is 361 g/mol. The molecule has 2 nitrogen and oxygen atoms in total. The van der Waals surface area contributed by atoms with E-state index in [1.165, 1.54) is 0 Å². The Balaban J connectivity index is 2.17. The van der Waals surface area contributed by atoms with Gasteiger partial charge in [-0.1, -0.05) is 41.9 Å². The fourth-order valence-corrected chi connectivity index (χ4v) is 2.92. The average molecular weight is 373 g/mol. The molecule has 5 heteroatoms. The van der Waals surface area contributed by atoms with Gasteiger partial charge in [-0.2, -0.15) is 0 Å². The van der Waals surface area contributed by atoms with E-state index < -0.39 is 0 Å². The van der Waals surface area contributed by atoms with Gasteiger partial charge in [0.05, 0.1) is 11.6 Å². The number of carbonyl (C=O) groups excluding carboxylic acids is 1. The monoisotopic (exact) mass is 371 g/mol. The number of alkyl halides is 1. The van der Waals surface area contributed by atoms with Gasteiger partial charge in [-0.25, -0.2) is 0 Å². The minimum absolute atomic E-state index is 0.192. The first-order valence-corrected chi connectivity index (χ1v) is 7.69. The molecule has 0 spiro atoms. The molecule has 0 aliphatic heterocycles. The Morgan fingerprint density at radius 2 is 1.90 bits per heavy atom. The molecular formula is C15H12BrCl2NO. The van der Waals surface area contributed by atoms with Gasteiger partial charge in [0.15, 0.2) is 0 Å². The van der Waals surface area contributed by atoms with E-state index in [2.05, 4.69) is 21.2 Å². The highest BCUT2D eigenvalue weighted by atomic mass is 79.9. The topological polar surface area (TPSA) is 29.1 Å². The zero-order valence-electron chi connectivity index (χ0n) is 10.4. The second-order valence-electron chi connectivity index (χ2n) is 4.22. The number of amides is 1. The number of halogens is 3. The van der Waals surface area contributed by atoms with Crippen molar-refractivity contribution >= 4 is 45.0 Å². The Morgan fingerprint density at radius 3 is 2.50 bits per heavy atom. The van der Waals surface area contributed by atoms with Gasteiger partial charge in [0, 0.05) is 15.4 Å². The molecule has 0 aromatic heterocycles. The molecule has 1 unspecified atom stereocenters. The second kappa shape index (κ2) is 7.11. The van der Waals surface area contributed by atoms with E-state index in [9.17, 15) is 4.79 Å². The van der Waals surface area contributed by atoms with Crippen molar-refractivity contribution in [1.82, 2.24) is 5.32 Å². The molecule has 0 bridgehead atoms. The van der Waals surface area contributed by atoms with Crippen molar-refractivity contribution in [2.24, 2.45) is 0 Å². The minimum atomic E-state index is -0.229. The SMILES string of the molecule is O=C(NC(CCl)c1ccccc1)c1ccc(Cl)cc1Br. The summed E-state index contributed by atoms with van der Waals surface area (Å²) in [5.41, 5.74) is 1.50. The molecule has 1 atom stereocenters. The third kappa shape index (κ3) is 3.75. The lowest BCUT2D eigenvalue weighted by Crippen LogP contribution is -2.29. The van der Waals surface area contributed by atoms with Crippen molar-refractivity contribution in [3.05, 3.63) is 69.2 Å². The summed E-state index contributed by atoms with van der Waals surface area (Å²) in [5.74, 6) is 0.115. The molecule has 0 heterocycles. The Hall–Kier alpha value is -1.03. The molecule has 2 rings (SSSR count). The highest BCUT2D eigenvalue weighted by Crippen LogP contribution is 2.23. The van der Waals surface area contributed by atoms with Gasteiger partial charge in [0.25, 0.3) is 5.91 Å². The number of hydrogen-bond acceptors (Lipinski definition) is 1. The zero-order chi connectivity index (χ0) is 14.5. The van der Waals surface area contributed by atoms with Crippen molar-refractivity contribution in [2.75, 3.05) is 5.88 Å². The van der Waals surface area contributed by atoms with Crippen molar-refractivity contribution in [3.63, 3.8) is 0 Å². The van der Waals surface area contributed by atoms with Crippen LogP contribution >= 0.6 is 39.1 Å². The summed E-state index contributed by atoms with van der Waals surface area (Å²) >= 11 is 15.2. The molecule has 20 heavy (non-hydrogen) atoms. The van der Waals surface area contributed by atoms with E-state index in [1.54, 1.807) is 18.2 Å². The summed E-state index contributed by atoms with van der Waals surface area (Å²) in [6.45, 7) is 0. The Morgan fingerprint density at radius 1 is 1.20 bits per heavy atom. The van der Waals surface area contributed by atoms with Crippen LogP contribution in [0.5, 0.6) is 0 Å². The second-order valence-corrected chi connectivity index (χ2v) is 5.81. The van der Waals surface area contributed by atoms with Gasteiger partial charge in [-0.05, 0) is 39.7 Å². The van der Waals surface area contributed by atoms with Crippen LogP contribution < -0.4 is 5.32 Å². The van der Waals surface area contributed by atoms with E-state index >= 15 is 0 Å². The lowest BCUT2D eigenvalue weighted by molar-refractivity contribution is 0.0939. The van der Waals surface area contributed by atoms with Crippen molar-refractivity contribution in [1.29, 1.82) is 0 Å². The third-order valence-corrected chi connectivity index (χ3v) is 4.04. The van der Waals surface area contributed by atoms with Crippen LogP contribution in [0.1, 0.15) is 22.0 Å². The molecule has 0 saturated carbocycles. The number of hydrogen-bond donors (Lipinski definition) is 1. The minimum Gasteiger partial charge on any atom is -0.344 e. The molecule has 0 aliphatic carbocycles. The van der Waals surface area contributed by atoms with Gasteiger partial charge < -0.3 is 5.32 Å². The quantitative estimate of drug-likeness (QED) is 0.766. The molecule has 2 aromatic carbocycles. The maximum atomic E-state index is 12.3. The summed E-state index contributed by atoms with van der Waals surface area (Å²) in [4.78, 5) is 12.3. The maximum absolute atomic E-state index is 12.3. The molecule has 2 aromatic rings. The van der Waals surface area contributed by atoms with Gasteiger partial charge in [-0.3, -0.25) is 4.79 Å². The van der Waals surface area contributed by atoms with Gasteiger partial charge in [-0.15, -0.1) is 11.6 Å². The first-order chi connectivity index (χ1) is 9.61. The lowest BCUT2D eigenvalue weighted by Gasteiger charge is -2.17. The maximum Gasteiger partial charge on any atom is 0.252 e. The van der Waals surface area contributed by atoms with Crippen LogP contribution in [0.25, 0.3) is 0 Å². The lowest BCUT2D eigenvalue weighted by atomic mass is 10.1. The van der Waals surface area contributed by atoms with Crippen LogP contribution in [0.4, 0.5) is 0 Å². The summed E-state index contributed by atoms with van der Waals surface area (Å²) in [6, 6.07) is 14.4. The Labute approximate surface area is 136 Å². The normalized spacial score (nSPS) is 11.9. The highest BCUT2D eigenvalue weighted by molar-refractivity contribution is 9.10. The predicted octanol–water partition coefficient (Wildman–Crippen LogP) is 4.81. The fourth-order valence-electron chi connectivity index (χ4n) is 1.81. The van der Waals surface area contributed by atoms with Crippen LogP contribution in [0, 0.1) is 0 Å². The molecule has 1 amide bonds. The summed E-state index contributed by atoms with van der Waals surface area (Å²) in [5, 5.41) is 3.49. The smallest absolute Gasteiger partial charge is 0.252 e. The Bertz CT molecular complexity index is 604. The number of nitrogens with one attached hydrogen (secondary N) is 1. The summed E-state index contributed by atoms with van der Waals surface area (Å²) in [6.07, 6.45) is 0. The van der Waals surface area contributed by atoms with E-state index in [0.717, 1.165) is 5.56 Å². The van der Waals surface area contributed by atoms with Crippen LogP contribution in [-0.4, -0.2) is 11.8 Å². The third-order valence-electron chi connectivity index (χ3n) is 2.84.